The molecule has 0 aliphatic heterocycles. The van der Waals surface area contributed by atoms with Crippen LogP contribution < -0.4 is 5.73 Å². The van der Waals surface area contributed by atoms with Crippen molar-refractivity contribution >= 4 is 0 Å². The van der Waals surface area contributed by atoms with E-state index in [1.54, 1.807) is 0 Å². The molecule has 0 saturated heterocycles. The zero-order chi connectivity index (χ0) is 6.83. The highest BCUT2D eigenvalue weighted by Crippen LogP contribution is 1.77. The molecular formula is C5H14FN. The van der Waals surface area contributed by atoms with Gasteiger partial charge in [-0.25, -0.2) is 0 Å². The third-order valence-electron chi connectivity index (χ3n) is 0.530. The summed E-state index contributed by atoms with van der Waals surface area (Å²) >= 11 is 0. The molecule has 0 aliphatic carbocycles. The van der Waals surface area contributed by atoms with Gasteiger partial charge < -0.3 is 5.73 Å². The summed E-state index contributed by atoms with van der Waals surface area (Å²) in [4.78, 5) is 0. The number of rotatable bonds is 3. The molecule has 2 N–H and O–H groups in total. The molecule has 0 atom stereocenters. The van der Waals surface area contributed by atoms with Crippen LogP contribution in [-0.2, 0) is 0 Å². The Hall–Kier alpha value is -0.110. The van der Waals surface area contributed by atoms with E-state index in [1.165, 1.54) is 6.42 Å². The van der Waals surface area contributed by atoms with Crippen molar-refractivity contribution in [3.63, 3.8) is 0 Å². The molecule has 0 spiro atoms. The summed E-state index contributed by atoms with van der Waals surface area (Å²) < 4.78 is 16.0. The highest BCUT2D eigenvalue weighted by Gasteiger charge is 1.67. The molecule has 0 saturated carbocycles. The van der Waals surface area contributed by atoms with E-state index in [4.69, 9.17) is 1.41 Å². The van der Waals surface area contributed by atoms with Gasteiger partial charge in [0.15, 0.2) is 0 Å². The van der Waals surface area contributed by atoms with Crippen LogP contribution in [0.15, 0.2) is 0 Å². The van der Waals surface area contributed by atoms with Gasteiger partial charge in [-0.2, -0.15) is 0 Å². The summed E-state index contributed by atoms with van der Waals surface area (Å²) in [6, 6.07) is 0. The smallest absolute Gasteiger partial charge is 0.118 e. The highest BCUT2D eigenvalue weighted by atomic mass is 19.1. The van der Waals surface area contributed by atoms with Crippen molar-refractivity contribution in [2.24, 2.45) is 5.73 Å². The molecule has 1 nitrogen and oxygen atoms in total. The van der Waals surface area contributed by atoms with Crippen molar-refractivity contribution in [3.8, 4) is 0 Å². The molecule has 0 unspecified atom stereocenters. The van der Waals surface area contributed by atoms with Crippen LogP contribution in [-0.4, -0.2) is 13.7 Å². The molecule has 0 radical (unpaired) electrons. The first-order chi connectivity index (χ1) is 3.91. The monoisotopic (exact) mass is 109 g/mol. The summed E-state index contributed by atoms with van der Waals surface area (Å²) in [5.41, 5.74) is 2.32. The van der Waals surface area contributed by atoms with Gasteiger partial charge in [0.1, 0.15) is 1.41 Å². The van der Waals surface area contributed by atoms with Crippen LogP contribution >= 0.6 is 0 Å². The summed E-state index contributed by atoms with van der Waals surface area (Å²) in [6.07, 6.45) is 2.29. The highest BCUT2D eigenvalue weighted by molar-refractivity contribution is 4.29. The van der Waals surface area contributed by atoms with Crippen LogP contribution in [0.5, 0.6) is 0 Å². The van der Waals surface area contributed by atoms with E-state index in [0.29, 0.717) is 7.18 Å². The lowest BCUT2D eigenvalue weighted by Gasteiger charge is -1.80. The van der Waals surface area contributed by atoms with E-state index in [9.17, 15) is 4.39 Å². The van der Waals surface area contributed by atoms with E-state index in [0.717, 1.165) is 13.0 Å². The molecule has 2 heteroatoms. The van der Waals surface area contributed by atoms with Crippen LogP contribution in [0.25, 0.3) is 0 Å². The first-order valence-electron chi connectivity index (χ1n) is 2.94. The van der Waals surface area contributed by atoms with Crippen LogP contribution in [0.4, 0.5) is 4.39 Å². The Bertz CT molecular complexity index is 24.4. The number of hydrogen-bond acceptors (Lipinski definition) is 1. The number of alkyl halides is 1. The first-order valence-corrected chi connectivity index (χ1v) is 2.44. The topological polar surface area (TPSA) is 26.0 Å². The molecule has 0 fully saturated rings. The van der Waals surface area contributed by atoms with Crippen molar-refractivity contribution in [2.45, 2.75) is 19.8 Å². The van der Waals surface area contributed by atoms with Crippen molar-refractivity contribution in [1.82, 2.24) is 0 Å². The molecule has 0 amide bonds. The minimum atomic E-state index is 0.500. The van der Waals surface area contributed by atoms with Crippen LogP contribution in [0, 0.1) is 0 Å². The SMILES string of the molecule is CF.[3H]NCCCC. The van der Waals surface area contributed by atoms with Gasteiger partial charge >= 0.3 is 0 Å². The average molecular weight is 109 g/mol. The summed E-state index contributed by atoms with van der Waals surface area (Å²) in [7, 11) is 0.500. The lowest BCUT2D eigenvalue weighted by atomic mass is 10.3. The summed E-state index contributed by atoms with van der Waals surface area (Å²) in [5, 5.41) is 0. The molecule has 0 aromatic rings. The fourth-order valence-electron chi connectivity index (χ4n) is 0.177. The Morgan fingerprint density at radius 3 is 2.43 bits per heavy atom. The third kappa shape index (κ3) is 25.0. The Morgan fingerprint density at radius 2 is 2.29 bits per heavy atom. The first kappa shape index (κ1) is 6.89. The van der Waals surface area contributed by atoms with E-state index < -0.39 is 0 Å². The van der Waals surface area contributed by atoms with Gasteiger partial charge in [-0.1, -0.05) is 13.3 Å². The molecule has 0 bridgehead atoms. The fourth-order valence-corrected chi connectivity index (χ4v) is 0.177. The largest absolute Gasteiger partial charge is 0.330 e. The lowest BCUT2D eigenvalue weighted by Crippen LogP contribution is -1.95. The zero-order valence-electron chi connectivity index (χ0n) is 6.00. The van der Waals surface area contributed by atoms with Crippen molar-refractivity contribution < 1.29 is 5.80 Å². The van der Waals surface area contributed by atoms with Crippen molar-refractivity contribution in [2.75, 3.05) is 13.7 Å². The number of halogens is 1. The van der Waals surface area contributed by atoms with Gasteiger partial charge in [0.2, 0.25) is 0 Å². The van der Waals surface area contributed by atoms with Crippen LogP contribution in [0.3, 0.4) is 0 Å². The normalized spacial score (nSPS) is 8.71. The Kier molecular flexibility index (Phi) is 16.6. The van der Waals surface area contributed by atoms with Gasteiger partial charge in [-0.05, 0) is 13.0 Å². The Labute approximate surface area is 46.2 Å². The second-order valence-electron chi connectivity index (χ2n) is 1.10. The van der Waals surface area contributed by atoms with E-state index in [-0.39, 0.29) is 0 Å². The van der Waals surface area contributed by atoms with Gasteiger partial charge in [0, 0.05) is 0 Å². The second-order valence-corrected chi connectivity index (χ2v) is 1.10. The standard InChI is InChI=1S/C4H11N.CH3F/c1-2-3-4-5;1-2/h2-5H2,1H3;1H3/i/hT. The van der Waals surface area contributed by atoms with Gasteiger partial charge in [0.05, 0.1) is 7.18 Å². The lowest BCUT2D eigenvalue weighted by molar-refractivity contribution is 0.636. The van der Waals surface area contributed by atoms with Crippen molar-refractivity contribution in [3.05, 3.63) is 0 Å². The minimum absolute atomic E-state index is 0.500. The maximum Gasteiger partial charge on any atom is 0.118 e. The molecule has 0 aliphatic rings. The number of hydrogen-bond donors (Lipinski definition) is 1. The number of unbranched alkanes of at least 4 members (excludes halogenated alkanes) is 1. The average Bonchev–Trinajstić information content (AvgIpc) is 1.88. The van der Waals surface area contributed by atoms with Crippen molar-refractivity contribution in [1.29, 1.82) is 0 Å². The van der Waals surface area contributed by atoms with Gasteiger partial charge in [-0.15, -0.1) is 0 Å². The van der Waals surface area contributed by atoms with Gasteiger partial charge in [0.25, 0.3) is 0 Å². The molecular weight excluding hydrogens is 93.1 g/mol. The number of nitrogens with two attached hydrogens (primary N) is 1. The Balaban J connectivity index is 0. The Morgan fingerprint density at radius 1 is 1.71 bits per heavy atom. The third-order valence-corrected chi connectivity index (χ3v) is 0.530. The predicted octanol–water partition coefficient (Wildman–Crippen LogP) is 1.33. The quantitative estimate of drug-likeness (QED) is 0.544. The maximum absolute atomic E-state index is 9.50. The predicted molar refractivity (Wildman–Crippen MR) is 31.0 cm³/mol. The zero-order valence-corrected chi connectivity index (χ0v) is 5.00. The van der Waals surface area contributed by atoms with E-state index in [2.05, 4.69) is 12.7 Å². The second kappa shape index (κ2) is 16.9. The van der Waals surface area contributed by atoms with Crippen LogP contribution in [0.2, 0.25) is 1.41 Å². The van der Waals surface area contributed by atoms with Gasteiger partial charge in [-0.3, -0.25) is 4.39 Å². The van der Waals surface area contributed by atoms with E-state index >= 15 is 0 Å². The molecule has 0 aromatic heterocycles. The minimum Gasteiger partial charge on any atom is -0.330 e. The molecule has 46 valence electrons. The molecule has 0 aromatic carbocycles. The fraction of sp³-hybridized carbons (Fsp3) is 1.00. The summed E-state index contributed by atoms with van der Waals surface area (Å²) in [5.74, 6) is 0. The molecule has 0 heterocycles. The van der Waals surface area contributed by atoms with Crippen LogP contribution in [0.1, 0.15) is 19.8 Å². The summed E-state index contributed by atoms with van der Waals surface area (Å²) in [6.45, 7) is 2.94. The molecule has 0 rings (SSSR count). The molecule has 7 heavy (non-hydrogen) atoms. The maximum atomic E-state index is 9.50. The van der Waals surface area contributed by atoms with E-state index in [1.807, 2.05) is 0 Å².